The smallest absolute Gasteiger partial charge is 0.228 e. The van der Waals surface area contributed by atoms with Gasteiger partial charge in [-0.05, 0) is 37.2 Å². The molecule has 0 spiro atoms. The number of hydrogen-bond donors (Lipinski definition) is 2. The average molecular weight is 349 g/mol. The van der Waals surface area contributed by atoms with Crippen molar-refractivity contribution < 1.29 is 9.53 Å². The first-order valence-corrected chi connectivity index (χ1v) is 7.83. The minimum atomic E-state index is -0.0865. The number of ether oxygens (including phenoxy) is 1. The number of amides is 1. The van der Waals surface area contributed by atoms with Crippen LogP contribution in [-0.2, 0) is 11.4 Å². The van der Waals surface area contributed by atoms with Gasteiger partial charge in [-0.1, -0.05) is 37.3 Å². The Balaban J connectivity index is 0.00000288. The number of benzene rings is 2. The molecule has 1 unspecified atom stereocenters. The zero-order valence-electron chi connectivity index (χ0n) is 14.3. The average Bonchev–Trinajstić information content (AvgIpc) is 2.54. The van der Waals surface area contributed by atoms with Gasteiger partial charge in [0, 0.05) is 24.2 Å². The Bertz CT molecular complexity index is 661. The summed E-state index contributed by atoms with van der Waals surface area (Å²) in [6.45, 7) is 5.12. The largest absolute Gasteiger partial charge is 0.489 e. The van der Waals surface area contributed by atoms with E-state index in [0.29, 0.717) is 13.2 Å². The Hall–Kier alpha value is -2.04. The Morgan fingerprint density at radius 3 is 2.62 bits per heavy atom. The van der Waals surface area contributed by atoms with Crippen LogP contribution in [0.1, 0.15) is 18.1 Å². The predicted octanol–water partition coefficient (Wildman–Crippen LogP) is 3.79. The topological polar surface area (TPSA) is 50.4 Å². The van der Waals surface area contributed by atoms with E-state index in [1.807, 2.05) is 50.4 Å². The molecule has 130 valence electrons. The van der Waals surface area contributed by atoms with E-state index in [-0.39, 0.29) is 24.2 Å². The second-order valence-corrected chi connectivity index (χ2v) is 5.69. The SMILES string of the molecule is CNCC(C)C(=O)Nc1cccc(OCc2ccccc2C)c1.Cl. The Labute approximate surface area is 150 Å². The van der Waals surface area contributed by atoms with Crippen LogP contribution in [-0.4, -0.2) is 19.5 Å². The van der Waals surface area contributed by atoms with Gasteiger partial charge in [0.1, 0.15) is 12.4 Å². The van der Waals surface area contributed by atoms with Gasteiger partial charge >= 0.3 is 0 Å². The molecule has 0 aliphatic heterocycles. The molecule has 0 saturated carbocycles. The summed E-state index contributed by atoms with van der Waals surface area (Å²) in [6, 6.07) is 15.6. The number of carbonyl (C=O) groups excluding carboxylic acids is 1. The molecule has 2 N–H and O–H groups in total. The molecular weight excluding hydrogens is 324 g/mol. The fourth-order valence-electron chi connectivity index (χ4n) is 2.26. The Morgan fingerprint density at radius 2 is 1.92 bits per heavy atom. The van der Waals surface area contributed by atoms with Gasteiger partial charge in [0.25, 0.3) is 0 Å². The van der Waals surface area contributed by atoms with E-state index in [1.165, 1.54) is 5.56 Å². The van der Waals surface area contributed by atoms with E-state index in [0.717, 1.165) is 17.0 Å². The number of hydrogen-bond acceptors (Lipinski definition) is 3. The minimum absolute atomic E-state index is 0. The molecule has 0 aliphatic rings. The van der Waals surface area contributed by atoms with Crippen LogP contribution in [0.3, 0.4) is 0 Å². The maximum Gasteiger partial charge on any atom is 0.228 e. The third-order valence-electron chi connectivity index (χ3n) is 3.72. The van der Waals surface area contributed by atoms with Crippen molar-refractivity contribution in [2.45, 2.75) is 20.5 Å². The summed E-state index contributed by atoms with van der Waals surface area (Å²) >= 11 is 0. The zero-order valence-corrected chi connectivity index (χ0v) is 15.2. The molecule has 0 fully saturated rings. The van der Waals surface area contributed by atoms with Crippen molar-refractivity contribution in [3.8, 4) is 5.75 Å². The number of nitrogens with one attached hydrogen (secondary N) is 2. The third-order valence-corrected chi connectivity index (χ3v) is 3.72. The molecule has 4 nitrogen and oxygen atoms in total. The van der Waals surface area contributed by atoms with Crippen molar-refractivity contribution in [1.29, 1.82) is 0 Å². The molecule has 2 rings (SSSR count). The van der Waals surface area contributed by atoms with E-state index < -0.39 is 0 Å². The molecule has 0 saturated heterocycles. The summed E-state index contributed by atoms with van der Waals surface area (Å²) in [6.07, 6.45) is 0. The van der Waals surface area contributed by atoms with Crippen molar-refractivity contribution in [2.75, 3.05) is 18.9 Å². The van der Waals surface area contributed by atoms with Crippen molar-refractivity contribution >= 4 is 24.0 Å². The molecule has 0 bridgehead atoms. The van der Waals surface area contributed by atoms with Crippen molar-refractivity contribution in [1.82, 2.24) is 5.32 Å². The van der Waals surface area contributed by atoms with Gasteiger partial charge in [-0.15, -0.1) is 12.4 Å². The summed E-state index contributed by atoms with van der Waals surface area (Å²) in [4.78, 5) is 12.0. The lowest BCUT2D eigenvalue weighted by Crippen LogP contribution is -2.28. The van der Waals surface area contributed by atoms with Crippen LogP contribution < -0.4 is 15.4 Å². The standard InChI is InChI=1S/C19H24N2O2.ClH/c1-14-7-4-5-8-16(14)13-23-18-10-6-9-17(11-18)21-19(22)15(2)12-20-3;/h4-11,15,20H,12-13H2,1-3H3,(H,21,22);1H. The molecule has 5 heteroatoms. The normalized spacial score (nSPS) is 11.3. The van der Waals surface area contributed by atoms with Crippen LogP contribution >= 0.6 is 12.4 Å². The van der Waals surface area contributed by atoms with Crippen molar-refractivity contribution in [3.05, 3.63) is 59.7 Å². The summed E-state index contributed by atoms with van der Waals surface area (Å²) in [5.74, 6) is 0.652. The van der Waals surface area contributed by atoms with Crippen LogP contribution in [0.5, 0.6) is 5.75 Å². The van der Waals surface area contributed by atoms with Gasteiger partial charge in [-0.2, -0.15) is 0 Å². The van der Waals surface area contributed by atoms with Crippen LogP contribution in [0.2, 0.25) is 0 Å². The maximum absolute atomic E-state index is 12.0. The van der Waals surface area contributed by atoms with Crippen LogP contribution in [0.25, 0.3) is 0 Å². The second-order valence-electron chi connectivity index (χ2n) is 5.69. The highest BCUT2D eigenvalue weighted by atomic mass is 35.5. The van der Waals surface area contributed by atoms with Gasteiger partial charge in [0.05, 0.1) is 0 Å². The van der Waals surface area contributed by atoms with Crippen molar-refractivity contribution in [3.63, 3.8) is 0 Å². The highest BCUT2D eigenvalue weighted by Gasteiger charge is 2.12. The first kappa shape index (κ1) is 20.0. The molecular formula is C19H25ClN2O2. The van der Waals surface area contributed by atoms with Gasteiger partial charge in [-0.3, -0.25) is 4.79 Å². The quantitative estimate of drug-likeness (QED) is 0.800. The summed E-state index contributed by atoms with van der Waals surface area (Å²) in [7, 11) is 1.84. The molecule has 2 aromatic rings. The molecule has 24 heavy (non-hydrogen) atoms. The fourth-order valence-corrected chi connectivity index (χ4v) is 2.26. The van der Waals surface area contributed by atoms with Crippen LogP contribution in [0, 0.1) is 12.8 Å². The molecule has 0 heterocycles. The van der Waals surface area contributed by atoms with Crippen LogP contribution in [0.4, 0.5) is 5.69 Å². The van der Waals surface area contributed by atoms with Crippen LogP contribution in [0.15, 0.2) is 48.5 Å². The molecule has 2 aromatic carbocycles. The Kier molecular flexibility index (Phi) is 8.30. The zero-order chi connectivity index (χ0) is 16.7. The summed E-state index contributed by atoms with van der Waals surface area (Å²) in [5.41, 5.74) is 3.11. The van der Waals surface area contributed by atoms with E-state index in [4.69, 9.17) is 4.74 Å². The maximum atomic E-state index is 12.0. The lowest BCUT2D eigenvalue weighted by atomic mass is 10.1. The first-order valence-electron chi connectivity index (χ1n) is 7.83. The van der Waals surface area contributed by atoms with E-state index in [1.54, 1.807) is 0 Å². The third kappa shape index (κ3) is 5.87. The first-order chi connectivity index (χ1) is 11.1. The van der Waals surface area contributed by atoms with Gasteiger partial charge in [0.15, 0.2) is 0 Å². The van der Waals surface area contributed by atoms with Gasteiger partial charge < -0.3 is 15.4 Å². The van der Waals surface area contributed by atoms with Crippen molar-refractivity contribution in [2.24, 2.45) is 5.92 Å². The lowest BCUT2D eigenvalue weighted by Gasteiger charge is -2.13. The predicted molar refractivity (Wildman–Crippen MR) is 101 cm³/mol. The minimum Gasteiger partial charge on any atom is -0.489 e. The Morgan fingerprint density at radius 1 is 1.17 bits per heavy atom. The molecule has 1 amide bonds. The summed E-state index contributed by atoms with van der Waals surface area (Å²) in [5, 5.41) is 5.92. The van der Waals surface area contributed by atoms with Gasteiger partial charge in [0.2, 0.25) is 5.91 Å². The number of carbonyl (C=O) groups is 1. The monoisotopic (exact) mass is 348 g/mol. The van der Waals surface area contributed by atoms with E-state index in [2.05, 4.69) is 29.7 Å². The lowest BCUT2D eigenvalue weighted by molar-refractivity contribution is -0.119. The molecule has 0 radical (unpaired) electrons. The van der Waals surface area contributed by atoms with E-state index in [9.17, 15) is 4.79 Å². The number of halogens is 1. The molecule has 0 aliphatic carbocycles. The summed E-state index contributed by atoms with van der Waals surface area (Å²) < 4.78 is 5.84. The van der Waals surface area contributed by atoms with E-state index >= 15 is 0 Å². The number of aryl methyl sites for hydroxylation is 1. The van der Waals surface area contributed by atoms with Gasteiger partial charge in [-0.25, -0.2) is 0 Å². The number of rotatable bonds is 7. The molecule has 0 aromatic heterocycles. The molecule has 1 atom stereocenters. The number of anilines is 1. The second kappa shape index (κ2) is 9.96. The highest BCUT2D eigenvalue weighted by Crippen LogP contribution is 2.20. The fraction of sp³-hybridized carbons (Fsp3) is 0.316. The highest BCUT2D eigenvalue weighted by molar-refractivity contribution is 5.92.